The standard InChI is InChI=1S/C17H17Br2FO/c1-9-7-12(5-6-14(9)20)16(19)15-11(3)13(18)8-10(2)17(15)21-4/h5-8,16H,1-4H3. The molecule has 1 atom stereocenters. The van der Waals surface area contributed by atoms with E-state index in [2.05, 4.69) is 31.9 Å². The molecule has 1 unspecified atom stereocenters. The Balaban J connectivity index is 2.62. The summed E-state index contributed by atoms with van der Waals surface area (Å²) in [6.45, 7) is 5.84. The molecule has 0 radical (unpaired) electrons. The third-order valence-corrected chi connectivity index (χ3v) is 5.45. The van der Waals surface area contributed by atoms with E-state index in [1.54, 1.807) is 20.1 Å². The van der Waals surface area contributed by atoms with Gasteiger partial charge in [0.25, 0.3) is 0 Å². The van der Waals surface area contributed by atoms with Gasteiger partial charge in [-0.2, -0.15) is 0 Å². The fourth-order valence-electron chi connectivity index (χ4n) is 2.44. The minimum atomic E-state index is -0.187. The first kappa shape index (κ1) is 16.5. The Morgan fingerprint density at radius 2 is 1.76 bits per heavy atom. The van der Waals surface area contributed by atoms with E-state index in [9.17, 15) is 4.39 Å². The highest BCUT2D eigenvalue weighted by Gasteiger charge is 2.21. The van der Waals surface area contributed by atoms with Crippen molar-refractivity contribution in [3.63, 3.8) is 0 Å². The summed E-state index contributed by atoms with van der Waals surface area (Å²) in [6.07, 6.45) is 0. The molecule has 2 rings (SSSR count). The average Bonchev–Trinajstić information content (AvgIpc) is 2.44. The molecule has 1 nitrogen and oxygen atoms in total. The van der Waals surface area contributed by atoms with Crippen LogP contribution in [0, 0.1) is 26.6 Å². The molecule has 0 aliphatic rings. The van der Waals surface area contributed by atoms with E-state index in [1.165, 1.54) is 6.07 Å². The van der Waals surface area contributed by atoms with Gasteiger partial charge in [0, 0.05) is 10.0 Å². The molecule has 0 aliphatic heterocycles. The van der Waals surface area contributed by atoms with Gasteiger partial charge in [0.05, 0.1) is 11.9 Å². The van der Waals surface area contributed by atoms with Gasteiger partial charge in [0.15, 0.2) is 0 Å². The first-order valence-corrected chi connectivity index (χ1v) is 8.31. The Labute approximate surface area is 141 Å². The second-order valence-electron chi connectivity index (χ2n) is 5.12. The van der Waals surface area contributed by atoms with Crippen LogP contribution in [-0.2, 0) is 0 Å². The van der Waals surface area contributed by atoms with Crippen molar-refractivity contribution in [1.82, 2.24) is 0 Å². The van der Waals surface area contributed by atoms with Crippen molar-refractivity contribution >= 4 is 31.9 Å². The molecular weight excluding hydrogens is 399 g/mol. The summed E-state index contributed by atoms with van der Waals surface area (Å²) in [6, 6.07) is 7.22. The lowest BCUT2D eigenvalue weighted by Crippen LogP contribution is -2.03. The quantitative estimate of drug-likeness (QED) is 0.558. The van der Waals surface area contributed by atoms with Crippen LogP contribution in [0.3, 0.4) is 0 Å². The largest absolute Gasteiger partial charge is 0.496 e. The Hall–Kier alpha value is -0.870. The Morgan fingerprint density at radius 3 is 2.33 bits per heavy atom. The van der Waals surface area contributed by atoms with Crippen LogP contribution in [0.15, 0.2) is 28.7 Å². The number of rotatable bonds is 3. The van der Waals surface area contributed by atoms with Crippen LogP contribution in [0.5, 0.6) is 5.75 Å². The molecule has 112 valence electrons. The minimum Gasteiger partial charge on any atom is -0.496 e. The zero-order valence-electron chi connectivity index (χ0n) is 12.4. The molecule has 2 aromatic carbocycles. The molecule has 0 aliphatic carbocycles. The normalized spacial score (nSPS) is 12.3. The van der Waals surface area contributed by atoms with Crippen molar-refractivity contribution in [2.24, 2.45) is 0 Å². The van der Waals surface area contributed by atoms with Gasteiger partial charge in [0.1, 0.15) is 11.6 Å². The maximum absolute atomic E-state index is 13.5. The monoisotopic (exact) mass is 414 g/mol. The van der Waals surface area contributed by atoms with Gasteiger partial charge in [-0.05, 0) is 55.2 Å². The Morgan fingerprint density at radius 1 is 1.10 bits per heavy atom. The van der Waals surface area contributed by atoms with E-state index < -0.39 is 0 Å². The van der Waals surface area contributed by atoms with Gasteiger partial charge in [-0.25, -0.2) is 4.39 Å². The van der Waals surface area contributed by atoms with Crippen molar-refractivity contribution < 1.29 is 9.13 Å². The van der Waals surface area contributed by atoms with Gasteiger partial charge in [0.2, 0.25) is 0 Å². The van der Waals surface area contributed by atoms with Crippen LogP contribution < -0.4 is 4.74 Å². The van der Waals surface area contributed by atoms with E-state index in [-0.39, 0.29) is 10.6 Å². The predicted octanol–water partition coefficient (Wildman–Crippen LogP) is 6.01. The van der Waals surface area contributed by atoms with Crippen LogP contribution in [0.1, 0.15) is 32.6 Å². The number of methoxy groups -OCH3 is 1. The minimum absolute atomic E-state index is 0.0528. The van der Waals surface area contributed by atoms with Crippen LogP contribution in [-0.4, -0.2) is 7.11 Å². The fourth-order valence-corrected chi connectivity index (χ4v) is 3.84. The summed E-state index contributed by atoms with van der Waals surface area (Å²) in [5, 5.41) is 0. The maximum Gasteiger partial charge on any atom is 0.126 e. The molecule has 21 heavy (non-hydrogen) atoms. The van der Waals surface area contributed by atoms with Crippen molar-refractivity contribution in [2.45, 2.75) is 25.6 Å². The van der Waals surface area contributed by atoms with E-state index >= 15 is 0 Å². The Kier molecular flexibility index (Phi) is 5.10. The van der Waals surface area contributed by atoms with E-state index in [0.717, 1.165) is 32.5 Å². The molecule has 0 saturated heterocycles. The number of halogens is 3. The molecule has 2 aromatic rings. The molecule has 0 amide bonds. The molecule has 0 spiro atoms. The smallest absolute Gasteiger partial charge is 0.126 e. The molecule has 0 saturated carbocycles. The molecule has 4 heteroatoms. The van der Waals surface area contributed by atoms with Crippen molar-refractivity contribution in [3.8, 4) is 5.75 Å². The van der Waals surface area contributed by atoms with Crippen LogP contribution in [0.4, 0.5) is 4.39 Å². The zero-order valence-corrected chi connectivity index (χ0v) is 15.6. The van der Waals surface area contributed by atoms with Gasteiger partial charge >= 0.3 is 0 Å². The van der Waals surface area contributed by atoms with Crippen LogP contribution in [0.2, 0.25) is 0 Å². The third kappa shape index (κ3) is 3.16. The topological polar surface area (TPSA) is 9.23 Å². The SMILES string of the molecule is COc1c(C)cc(Br)c(C)c1C(Br)c1ccc(F)c(C)c1. The van der Waals surface area contributed by atoms with Gasteiger partial charge in [-0.1, -0.05) is 44.0 Å². The highest BCUT2D eigenvalue weighted by atomic mass is 79.9. The molecule has 0 N–H and O–H groups in total. The second kappa shape index (κ2) is 6.49. The summed E-state index contributed by atoms with van der Waals surface area (Å²) < 4.78 is 20.1. The van der Waals surface area contributed by atoms with Crippen LogP contribution in [0.25, 0.3) is 0 Å². The van der Waals surface area contributed by atoms with Crippen molar-refractivity contribution in [3.05, 3.63) is 62.4 Å². The molecular formula is C17H17Br2FO. The van der Waals surface area contributed by atoms with Crippen LogP contribution >= 0.6 is 31.9 Å². The lowest BCUT2D eigenvalue weighted by molar-refractivity contribution is 0.406. The van der Waals surface area contributed by atoms with Gasteiger partial charge in [-0.15, -0.1) is 0 Å². The van der Waals surface area contributed by atoms with Gasteiger partial charge < -0.3 is 4.74 Å². The summed E-state index contributed by atoms with van der Waals surface area (Å²) >= 11 is 7.33. The maximum atomic E-state index is 13.5. The van der Waals surface area contributed by atoms with E-state index in [0.29, 0.717) is 5.56 Å². The summed E-state index contributed by atoms with van der Waals surface area (Å²) in [7, 11) is 1.68. The predicted molar refractivity (Wildman–Crippen MR) is 92.1 cm³/mol. The second-order valence-corrected chi connectivity index (χ2v) is 6.89. The number of aryl methyl sites for hydroxylation is 2. The Bertz CT molecular complexity index is 683. The molecule has 0 heterocycles. The molecule has 0 bridgehead atoms. The fraction of sp³-hybridized carbons (Fsp3) is 0.294. The molecule has 0 fully saturated rings. The first-order chi connectivity index (χ1) is 9.86. The lowest BCUT2D eigenvalue weighted by Gasteiger charge is -2.21. The highest BCUT2D eigenvalue weighted by Crippen LogP contribution is 2.43. The number of benzene rings is 2. The van der Waals surface area contributed by atoms with Gasteiger partial charge in [-0.3, -0.25) is 0 Å². The van der Waals surface area contributed by atoms with E-state index in [1.807, 2.05) is 26.0 Å². The van der Waals surface area contributed by atoms with Crippen molar-refractivity contribution in [1.29, 1.82) is 0 Å². The summed E-state index contributed by atoms with van der Waals surface area (Å²) in [5.74, 6) is 0.673. The third-order valence-electron chi connectivity index (χ3n) is 3.64. The molecule has 0 aromatic heterocycles. The average molecular weight is 416 g/mol. The van der Waals surface area contributed by atoms with E-state index in [4.69, 9.17) is 4.74 Å². The number of hydrogen-bond acceptors (Lipinski definition) is 1. The number of alkyl halides is 1. The highest BCUT2D eigenvalue weighted by molar-refractivity contribution is 9.10. The zero-order chi connectivity index (χ0) is 15.7. The summed E-state index contributed by atoms with van der Waals surface area (Å²) in [5.41, 5.74) is 4.89. The number of hydrogen-bond donors (Lipinski definition) is 0. The summed E-state index contributed by atoms with van der Waals surface area (Å²) in [4.78, 5) is -0.0528. The lowest BCUT2D eigenvalue weighted by atomic mass is 9.96. The first-order valence-electron chi connectivity index (χ1n) is 6.60. The van der Waals surface area contributed by atoms with Crippen molar-refractivity contribution in [2.75, 3.05) is 7.11 Å². The number of ether oxygens (including phenoxy) is 1.